The summed E-state index contributed by atoms with van der Waals surface area (Å²) >= 11 is 9.38. The van der Waals surface area contributed by atoms with E-state index in [1.807, 2.05) is 43.3 Å². The first-order chi connectivity index (χ1) is 8.60. The zero-order valence-electron chi connectivity index (χ0n) is 9.78. The van der Waals surface area contributed by atoms with Crippen LogP contribution in [-0.2, 0) is 6.61 Å². The lowest BCUT2D eigenvalue weighted by Crippen LogP contribution is -1.89. The topological polar surface area (TPSA) is 29.5 Å². The average Bonchev–Trinajstić information content (AvgIpc) is 2.36. The van der Waals surface area contributed by atoms with Crippen molar-refractivity contribution >= 4 is 27.5 Å². The summed E-state index contributed by atoms with van der Waals surface area (Å²) < 4.78 is 6.56. The Balaban J connectivity index is 2.25. The van der Waals surface area contributed by atoms with E-state index in [9.17, 15) is 0 Å². The molecule has 0 atom stereocenters. The van der Waals surface area contributed by atoms with Crippen molar-refractivity contribution in [1.82, 2.24) is 0 Å². The Hall–Kier alpha value is -1.03. The lowest BCUT2D eigenvalue weighted by atomic mass is 10.2. The molecule has 2 rings (SSSR count). The fraction of sp³-hybridized carbons (Fsp3) is 0.143. The van der Waals surface area contributed by atoms with Crippen LogP contribution in [0.5, 0.6) is 11.5 Å². The first-order valence-electron chi connectivity index (χ1n) is 5.43. The molecule has 18 heavy (non-hydrogen) atoms. The third-order valence-corrected chi connectivity index (χ3v) is 3.58. The lowest BCUT2D eigenvalue weighted by Gasteiger charge is -2.10. The molecule has 0 fully saturated rings. The smallest absolute Gasteiger partial charge is 0.141 e. The van der Waals surface area contributed by atoms with Crippen LogP contribution >= 0.6 is 27.5 Å². The SMILES string of the molecule is Cc1cc(Oc2ccc(CO)cc2Br)ccc1Cl. The van der Waals surface area contributed by atoms with E-state index < -0.39 is 0 Å². The number of rotatable bonds is 3. The van der Waals surface area contributed by atoms with Gasteiger partial charge < -0.3 is 9.84 Å². The third kappa shape index (κ3) is 3.05. The van der Waals surface area contributed by atoms with Gasteiger partial charge in [-0.05, 0) is 64.3 Å². The van der Waals surface area contributed by atoms with Gasteiger partial charge in [-0.3, -0.25) is 0 Å². The van der Waals surface area contributed by atoms with Crippen LogP contribution in [0, 0.1) is 6.92 Å². The number of hydrogen-bond donors (Lipinski definition) is 1. The minimum Gasteiger partial charge on any atom is -0.456 e. The molecule has 0 amide bonds. The normalized spacial score (nSPS) is 10.4. The number of benzene rings is 2. The van der Waals surface area contributed by atoms with Crippen molar-refractivity contribution in [3.05, 3.63) is 57.0 Å². The number of ether oxygens (including phenoxy) is 1. The Morgan fingerprint density at radius 3 is 2.61 bits per heavy atom. The van der Waals surface area contributed by atoms with E-state index >= 15 is 0 Å². The van der Waals surface area contributed by atoms with Gasteiger partial charge in [-0.2, -0.15) is 0 Å². The van der Waals surface area contributed by atoms with Gasteiger partial charge in [-0.15, -0.1) is 0 Å². The van der Waals surface area contributed by atoms with Crippen molar-refractivity contribution in [1.29, 1.82) is 0 Å². The van der Waals surface area contributed by atoms with Crippen molar-refractivity contribution < 1.29 is 9.84 Å². The van der Waals surface area contributed by atoms with Crippen molar-refractivity contribution in [3.8, 4) is 11.5 Å². The van der Waals surface area contributed by atoms with Crippen LogP contribution in [0.1, 0.15) is 11.1 Å². The Morgan fingerprint density at radius 1 is 1.22 bits per heavy atom. The van der Waals surface area contributed by atoms with Crippen LogP contribution in [0.4, 0.5) is 0 Å². The van der Waals surface area contributed by atoms with Gasteiger partial charge in [-0.25, -0.2) is 0 Å². The van der Waals surface area contributed by atoms with E-state index in [-0.39, 0.29) is 6.61 Å². The summed E-state index contributed by atoms with van der Waals surface area (Å²) in [6.07, 6.45) is 0. The van der Waals surface area contributed by atoms with Crippen molar-refractivity contribution in [2.24, 2.45) is 0 Å². The molecule has 0 aromatic heterocycles. The van der Waals surface area contributed by atoms with E-state index in [2.05, 4.69) is 15.9 Å². The van der Waals surface area contributed by atoms with Crippen LogP contribution in [-0.4, -0.2) is 5.11 Å². The Labute approximate surface area is 119 Å². The van der Waals surface area contributed by atoms with Gasteiger partial charge in [0.05, 0.1) is 11.1 Å². The number of halogens is 2. The molecule has 4 heteroatoms. The molecular weight excluding hydrogens is 316 g/mol. The molecular formula is C14H12BrClO2. The second-order valence-corrected chi connectivity index (χ2v) is 5.20. The molecule has 2 aromatic carbocycles. The zero-order chi connectivity index (χ0) is 13.1. The van der Waals surface area contributed by atoms with E-state index in [0.717, 1.165) is 26.4 Å². The van der Waals surface area contributed by atoms with Crippen LogP contribution < -0.4 is 4.74 Å². The van der Waals surface area contributed by atoms with E-state index in [4.69, 9.17) is 21.4 Å². The van der Waals surface area contributed by atoms with Gasteiger partial charge in [0, 0.05) is 5.02 Å². The molecule has 0 saturated heterocycles. The molecule has 1 N–H and O–H groups in total. The Bertz CT molecular complexity index is 570. The summed E-state index contributed by atoms with van der Waals surface area (Å²) in [6.45, 7) is 1.94. The quantitative estimate of drug-likeness (QED) is 0.885. The zero-order valence-corrected chi connectivity index (χ0v) is 12.1. The molecule has 0 heterocycles. The highest BCUT2D eigenvalue weighted by molar-refractivity contribution is 9.10. The Morgan fingerprint density at radius 2 is 2.00 bits per heavy atom. The van der Waals surface area contributed by atoms with Gasteiger partial charge in [-0.1, -0.05) is 17.7 Å². The largest absolute Gasteiger partial charge is 0.456 e. The number of aryl methyl sites for hydroxylation is 1. The monoisotopic (exact) mass is 326 g/mol. The molecule has 0 bridgehead atoms. The maximum absolute atomic E-state index is 9.03. The molecule has 0 aliphatic carbocycles. The molecule has 94 valence electrons. The standard InChI is InChI=1S/C14H12BrClO2/c1-9-6-11(3-4-13(9)16)18-14-5-2-10(8-17)7-12(14)15/h2-7,17H,8H2,1H3. The summed E-state index contributed by atoms with van der Waals surface area (Å²) in [5.41, 5.74) is 1.80. The van der Waals surface area contributed by atoms with Crippen molar-refractivity contribution in [3.63, 3.8) is 0 Å². The lowest BCUT2D eigenvalue weighted by molar-refractivity contribution is 0.281. The van der Waals surface area contributed by atoms with Gasteiger partial charge in [0.25, 0.3) is 0 Å². The molecule has 0 saturated carbocycles. The summed E-state index contributed by atoms with van der Waals surface area (Å²) in [5, 5.41) is 9.75. The second kappa shape index (κ2) is 5.74. The fourth-order valence-corrected chi connectivity index (χ4v) is 2.16. The number of aliphatic hydroxyl groups excluding tert-OH is 1. The average molecular weight is 328 g/mol. The molecule has 0 aliphatic heterocycles. The first-order valence-corrected chi connectivity index (χ1v) is 6.60. The summed E-state index contributed by atoms with van der Waals surface area (Å²) in [6, 6.07) is 11.0. The molecule has 2 aromatic rings. The van der Waals surface area contributed by atoms with Gasteiger partial charge in [0.15, 0.2) is 0 Å². The summed E-state index contributed by atoms with van der Waals surface area (Å²) in [7, 11) is 0. The maximum Gasteiger partial charge on any atom is 0.141 e. The van der Waals surface area contributed by atoms with Gasteiger partial charge in [0.1, 0.15) is 11.5 Å². The minimum atomic E-state index is 0.0128. The van der Waals surface area contributed by atoms with Crippen LogP contribution in [0.3, 0.4) is 0 Å². The van der Waals surface area contributed by atoms with E-state index in [1.54, 1.807) is 0 Å². The third-order valence-electron chi connectivity index (χ3n) is 2.54. The molecule has 0 spiro atoms. The predicted octanol–water partition coefficient (Wildman–Crippen LogP) is 4.70. The van der Waals surface area contributed by atoms with Crippen molar-refractivity contribution in [2.45, 2.75) is 13.5 Å². The maximum atomic E-state index is 9.03. The molecule has 0 aliphatic rings. The van der Waals surface area contributed by atoms with Gasteiger partial charge in [0.2, 0.25) is 0 Å². The van der Waals surface area contributed by atoms with Gasteiger partial charge >= 0.3 is 0 Å². The van der Waals surface area contributed by atoms with Crippen molar-refractivity contribution in [2.75, 3.05) is 0 Å². The fourth-order valence-electron chi connectivity index (χ4n) is 1.53. The molecule has 2 nitrogen and oxygen atoms in total. The van der Waals surface area contributed by atoms with Crippen LogP contribution in [0.2, 0.25) is 5.02 Å². The summed E-state index contributed by atoms with van der Waals surface area (Å²) in [4.78, 5) is 0. The Kier molecular flexibility index (Phi) is 4.27. The number of aliphatic hydroxyl groups is 1. The molecule has 0 unspecified atom stereocenters. The molecule has 0 radical (unpaired) electrons. The minimum absolute atomic E-state index is 0.0128. The highest BCUT2D eigenvalue weighted by atomic mass is 79.9. The van der Waals surface area contributed by atoms with E-state index in [1.165, 1.54) is 0 Å². The highest BCUT2D eigenvalue weighted by Crippen LogP contribution is 2.32. The predicted molar refractivity (Wildman–Crippen MR) is 76.3 cm³/mol. The number of hydrogen-bond acceptors (Lipinski definition) is 2. The van der Waals surface area contributed by atoms with Crippen LogP contribution in [0.15, 0.2) is 40.9 Å². The van der Waals surface area contributed by atoms with E-state index in [0.29, 0.717) is 5.75 Å². The van der Waals surface area contributed by atoms with Crippen LogP contribution in [0.25, 0.3) is 0 Å². The first kappa shape index (κ1) is 13.4. The highest BCUT2D eigenvalue weighted by Gasteiger charge is 2.05. The second-order valence-electron chi connectivity index (χ2n) is 3.94. The summed E-state index contributed by atoms with van der Waals surface area (Å²) in [5.74, 6) is 1.43.